The number of aromatic nitrogens is 3. The quantitative estimate of drug-likeness (QED) is 0.374. The predicted octanol–water partition coefficient (Wildman–Crippen LogP) is 4.74. The first-order valence-corrected chi connectivity index (χ1v) is 10.6. The van der Waals surface area contributed by atoms with Gasteiger partial charge in [0.25, 0.3) is 0 Å². The van der Waals surface area contributed by atoms with Crippen molar-refractivity contribution in [2.24, 2.45) is 0 Å². The number of ketones is 1. The molecule has 1 N–H and O–H groups in total. The second-order valence-corrected chi connectivity index (χ2v) is 8.33. The Kier molecular flexibility index (Phi) is 5.30. The van der Waals surface area contributed by atoms with Gasteiger partial charge < -0.3 is 5.32 Å². The van der Waals surface area contributed by atoms with Crippen LogP contribution in [0.25, 0.3) is 16.6 Å². The van der Waals surface area contributed by atoms with E-state index in [1.165, 1.54) is 29.8 Å². The number of rotatable bonds is 5. The van der Waals surface area contributed by atoms with Crippen LogP contribution < -0.4 is 5.32 Å². The van der Waals surface area contributed by atoms with Crippen molar-refractivity contribution in [3.8, 4) is 0 Å². The van der Waals surface area contributed by atoms with E-state index in [1.54, 1.807) is 24.3 Å². The van der Waals surface area contributed by atoms with Crippen molar-refractivity contribution in [3.63, 3.8) is 0 Å². The third-order valence-corrected chi connectivity index (χ3v) is 6.13. The molecule has 2 aromatic heterocycles. The number of aryl methyl sites for hydroxylation is 3. The molecule has 6 nitrogen and oxygen atoms in total. The maximum atomic E-state index is 12.5. The Morgan fingerprint density at radius 3 is 2.60 bits per heavy atom. The molecule has 0 aliphatic heterocycles. The highest BCUT2D eigenvalue weighted by atomic mass is 32.2. The fourth-order valence-corrected chi connectivity index (χ4v) is 4.23. The van der Waals surface area contributed by atoms with E-state index in [9.17, 15) is 9.59 Å². The number of Topliss-reactive ketones (excluding diaryl/α,β-unsaturated/α-hetero) is 1. The lowest BCUT2D eigenvalue weighted by Gasteiger charge is -2.11. The zero-order valence-corrected chi connectivity index (χ0v) is 18.1. The number of nitrogens with one attached hydrogen (secondary N) is 1. The molecule has 0 saturated carbocycles. The fraction of sp³-hybridized carbons (Fsp3) is 0.217. The second kappa shape index (κ2) is 7.91. The topological polar surface area (TPSA) is 76.4 Å². The van der Waals surface area contributed by atoms with E-state index < -0.39 is 0 Å². The minimum atomic E-state index is -0.165. The Bertz CT molecular complexity index is 1310. The smallest absolute Gasteiger partial charge is 0.234 e. The zero-order valence-electron chi connectivity index (χ0n) is 17.3. The van der Waals surface area contributed by atoms with Crippen LogP contribution in [-0.4, -0.2) is 32.0 Å². The lowest BCUT2D eigenvalue weighted by molar-refractivity contribution is -0.113. The molecule has 0 unspecified atom stereocenters. The van der Waals surface area contributed by atoms with Crippen LogP contribution >= 0.6 is 11.8 Å². The molecule has 7 heteroatoms. The number of hydrogen-bond acceptors (Lipinski definition) is 5. The number of fused-ring (bicyclic) bond motifs is 3. The molecule has 152 valence electrons. The number of carbonyl (C=O) groups is 2. The second-order valence-electron chi connectivity index (χ2n) is 7.39. The van der Waals surface area contributed by atoms with Gasteiger partial charge in [0.1, 0.15) is 0 Å². The summed E-state index contributed by atoms with van der Waals surface area (Å²) in [5, 5.41) is 13.3. The van der Waals surface area contributed by atoms with E-state index in [-0.39, 0.29) is 17.4 Å². The summed E-state index contributed by atoms with van der Waals surface area (Å²) < 4.78 is 2.04. The van der Waals surface area contributed by atoms with Gasteiger partial charge in [-0.1, -0.05) is 36.0 Å². The number of benzene rings is 2. The van der Waals surface area contributed by atoms with E-state index in [4.69, 9.17) is 0 Å². The summed E-state index contributed by atoms with van der Waals surface area (Å²) in [7, 11) is 0. The van der Waals surface area contributed by atoms with Gasteiger partial charge in [0.2, 0.25) is 5.91 Å². The van der Waals surface area contributed by atoms with Gasteiger partial charge >= 0.3 is 0 Å². The first kappa shape index (κ1) is 20.1. The van der Waals surface area contributed by atoms with Crippen molar-refractivity contribution in [2.75, 3.05) is 11.1 Å². The molecule has 0 aliphatic rings. The van der Waals surface area contributed by atoms with E-state index in [2.05, 4.69) is 47.6 Å². The van der Waals surface area contributed by atoms with Gasteiger partial charge in [0.15, 0.2) is 16.6 Å². The standard InChI is InChI=1S/C23H22N4O2S/c1-13-8-9-18-10-14(2)22-25-26-23(27(22)21(18)15(13)3)30-12-20(29)24-19-7-5-6-17(11-19)16(4)28/h5-11H,12H2,1-4H3,(H,24,29). The highest BCUT2D eigenvalue weighted by Gasteiger charge is 2.16. The van der Waals surface area contributed by atoms with E-state index in [0.717, 1.165) is 22.1 Å². The first-order valence-electron chi connectivity index (χ1n) is 9.63. The summed E-state index contributed by atoms with van der Waals surface area (Å²) in [6.45, 7) is 7.70. The lowest BCUT2D eigenvalue weighted by atomic mass is 10.0. The minimum absolute atomic E-state index is 0.0386. The van der Waals surface area contributed by atoms with Crippen molar-refractivity contribution in [1.29, 1.82) is 0 Å². The lowest BCUT2D eigenvalue weighted by Crippen LogP contribution is -2.14. The van der Waals surface area contributed by atoms with Crippen molar-refractivity contribution < 1.29 is 9.59 Å². The highest BCUT2D eigenvalue weighted by Crippen LogP contribution is 2.29. The Hall–Kier alpha value is -3.19. The molecule has 0 saturated heterocycles. The number of thioether (sulfide) groups is 1. The number of anilines is 1. The van der Waals surface area contributed by atoms with Crippen LogP contribution in [0.1, 0.15) is 34.0 Å². The summed E-state index contributed by atoms with van der Waals surface area (Å²) in [6.07, 6.45) is 0. The number of carbonyl (C=O) groups excluding carboxylic acids is 2. The summed E-state index contributed by atoms with van der Waals surface area (Å²) >= 11 is 1.34. The Balaban J connectivity index is 1.62. The molecule has 0 radical (unpaired) electrons. The molecule has 0 atom stereocenters. The van der Waals surface area contributed by atoms with Gasteiger partial charge in [-0.15, -0.1) is 10.2 Å². The zero-order chi connectivity index (χ0) is 21.4. The largest absolute Gasteiger partial charge is 0.325 e. The van der Waals surface area contributed by atoms with Crippen LogP contribution in [0.5, 0.6) is 0 Å². The summed E-state index contributed by atoms with van der Waals surface area (Å²) in [5.41, 5.74) is 6.44. The molecule has 30 heavy (non-hydrogen) atoms. The first-order chi connectivity index (χ1) is 14.3. The molecule has 0 aliphatic carbocycles. The van der Waals surface area contributed by atoms with Gasteiger partial charge in [-0.05, 0) is 68.0 Å². The van der Waals surface area contributed by atoms with Crippen LogP contribution in [0.15, 0.2) is 47.6 Å². The van der Waals surface area contributed by atoms with Crippen molar-refractivity contribution in [3.05, 3.63) is 64.7 Å². The Labute approximate surface area is 178 Å². The molecule has 0 bridgehead atoms. The number of pyridine rings is 1. The maximum Gasteiger partial charge on any atom is 0.234 e. The highest BCUT2D eigenvalue weighted by molar-refractivity contribution is 7.99. The average Bonchev–Trinajstić information content (AvgIpc) is 3.14. The van der Waals surface area contributed by atoms with E-state index in [0.29, 0.717) is 16.4 Å². The SMILES string of the molecule is CC(=O)c1cccc(NC(=O)CSc2nnc3c(C)cc4ccc(C)c(C)c4n23)c1. The summed E-state index contributed by atoms with van der Waals surface area (Å²) in [6, 6.07) is 13.3. The number of nitrogens with zero attached hydrogens (tertiary/aromatic N) is 3. The number of hydrogen-bond donors (Lipinski definition) is 1. The summed E-state index contributed by atoms with van der Waals surface area (Å²) in [5.74, 6) is -0.0172. The van der Waals surface area contributed by atoms with Crippen LogP contribution in [0, 0.1) is 20.8 Å². The average molecular weight is 419 g/mol. The molecular weight excluding hydrogens is 396 g/mol. The van der Waals surface area contributed by atoms with Crippen LogP contribution in [0.3, 0.4) is 0 Å². The Morgan fingerprint density at radius 2 is 1.83 bits per heavy atom. The molecule has 2 aromatic carbocycles. The van der Waals surface area contributed by atoms with Crippen molar-refractivity contribution in [1.82, 2.24) is 14.6 Å². The minimum Gasteiger partial charge on any atom is -0.325 e. The van der Waals surface area contributed by atoms with Gasteiger partial charge in [-0.2, -0.15) is 0 Å². The number of amides is 1. The van der Waals surface area contributed by atoms with Crippen LogP contribution in [0.2, 0.25) is 0 Å². The van der Waals surface area contributed by atoms with E-state index in [1.807, 2.05) is 11.3 Å². The molecule has 4 rings (SSSR count). The third-order valence-electron chi connectivity index (χ3n) is 5.20. The molecular formula is C23H22N4O2S. The monoisotopic (exact) mass is 418 g/mol. The van der Waals surface area contributed by atoms with E-state index >= 15 is 0 Å². The Morgan fingerprint density at radius 1 is 1.03 bits per heavy atom. The fourth-order valence-electron chi connectivity index (χ4n) is 3.50. The maximum absolute atomic E-state index is 12.5. The molecule has 2 heterocycles. The molecule has 0 spiro atoms. The molecule has 0 fully saturated rings. The normalized spacial score (nSPS) is 11.2. The van der Waals surface area contributed by atoms with Gasteiger partial charge in [0, 0.05) is 11.3 Å². The summed E-state index contributed by atoms with van der Waals surface area (Å²) in [4.78, 5) is 24.0. The molecule has 1 amide bonds. The van der Waals surface area contributed by atoms with Crippen LogP contribution in [0.4, 0.5) is 5.69 Å². The predicted molar refractivity (Wildman–Crippen MR) is 121 cm³/mol. The van der Waals surface area contributed by atoms with Gasteiger partial charge in [-0.3, -0.25) is 14.0 Å². The third kappa shape index (κ3) is 3.68. The van der Waals surface area contributed by atoms with Crippen LogP contribution in [-0.2, 0) is 4.79 Å². The van der Waals surface area contributed by atoms with Gasteiger partial charge in [0.05, 0.1) is 11.3 Å². The van der Waals surface area contributed by atoms with Crippen molar-refractivity contribution in [2.45, 2.75) is 32.9 Å². The van der Waals surface area contributed by atoms with Crippen molar-refractivity contribution >= 4 is 45.7 Å². The van der Waals surface area contributed by atoms with Gasteiger partial charge in [-0.25, -0.2) is 0 Å². The molecule has 4 aromatic rings.